The quantitative estimate of drug-likeness (QED) is 0.293. The average Bonchev–Trinajstić information content (AvgIpc) is 3.10. The molecule has 180 valence electrons. The molecule has 2 aromatic carbocycles. The lowest BCUT2D eigenvalue weighted by molar-refractivity contribution is -0.132. The van der Waals surface area contributed by atoms with E-state index in [1.165, 1.54) is 4.90 Å². The van der Waals surface area contributed by atoms with Crippen molar-refractivity contribution in [3.05, 3.63) is 94.8 Å². The summed E-state index contributed by atoms with van der Waals surface area (Å²) in [4.78, 5) is 32.3. The van der Waals surface area contributed by atoms with E-state index < -0.39 is 17.7 Å². The van der Waals surface area contributed by atoms with E-state index in [9.17, 15) is 14.7 Å². The van der Waals surface area contributed by atoms with Gasteiger partial charge < -0.3 is 9.84 Å². The van der Waals surface area contributed by atoms with Gasteiger partial charge in [-0.15, -0.1) is 0 Å². The summed E-state index contributed by atoms with van der Waals surface area (Å²) < 4.78 is 5.52. The molecule has 6 heteroatoms. The first-order valence-corrected chi connectivity index (χ1v) is 11.7. The molecule has 1 saturated heterocycles. The highest BCUT2D eigenvalue weighted by atomic mass is 16.5. The Morgan fingerprint density at radius 2 is 1.69 bits per heavy atom. The van der Waals surface area contributed by atoms with Crippen LogP contribution in [0, 0.1) is 6.92 Å². The van der Waals surface area contributed by atoms with Gasteiger partial charge in [-0.3, -0.25) is 19.5 Å². The first kappa shape index (κ1) is 24.2. The third-order valence-corrected chi connectivity index (χ3v) is 6.25. The van der Waals surface area contributed by atoms with Crippen molar-refractivity contribution in [3.63, 3.8) is 0 Å². The zero-order valence-corrected chi connectivity index (χ0v) is 20.7. The number of aryl methyl sites for hydroxylation is 1. The molecule has 1 aromatic heterocycles. The van der Waals surface area contributed by atoms with E-state index in [0.717, 1.165) is 11.1 Å². The molecule has 2 heterocycles. The van der Waals surface area contributed by atoms with Crippen LogP contribution >= 0.6 is 0 Å². The summed E-state index contributed by atoms with van der Waals surface area (Å²) in [5, 5.41) is 11.5. The van der Waals surface area contributed by atoms with Crippen LogP contribution in [0.2, 0.25) is 0 Å². The molecule has 0 radical (unpaired) electrons. The lowest BCUT2D eigenvalue weighted by Crippen LogP contribution is -2.29. The van der Waals surface area contributed by atoms with E-state index in [4.69, 9.17) is 4.74 Å². The van der Waals surface area contributed by atoms with Crippen molar-refractivity contribution in [2.45, 2.75) is 46.1 Å². The van der Waals surface area contributed by atoms with E-state index in [2.05, 4.69) is 25.8 Å². The summed E-state index contributed by atoms with van der Waals surface area (Å²) in [6.45, 7) is 10.6. The number of nitrogens with zero attached hydrogens (tertiary/aromatic N) is 2. The number of aliphatic hydroxyl groups is 1. The monoisotopic (exact) mass is 470 g/mol. The molecule has 6 nitrogen and oxygen atoms in total. The first-order valence-electron chi connectivity index (χ1n) is 11.7. The Hall–Kier alpha value is -3.93. The van der Waals surface area contributed by atoms with E-state index in [1.54, 1.807) is 48.8 Å². The van der Waals surface area contributed by atoms with Gasteiger partial charge in [0.25, 0.3) is 11.7 Å². The Morgan fingerprint density at radius 3 is 2.29 bits per heavy atom. The standard InChI is InChI=1S/C29H30N2O4/c1-6-35-22-11-9-21(10-12-22)31-25(19-13-15-30-16-14-19)24(27(33)28(31)34)26(32)23-17-20(29(3,4)5)8-7-18(23)2/h7-17,25,32H,6H2,1-5H3/b26-24+. The largest absolute Gasteiger partial charge is 0.507 e. The number of hydrogen-bond acceptors (Lipinski definition) is 5. The van der Waals surface area contributed by atoms with Gasteiger partial charge in [0.1, 0.15) is 11.5 Å². The van der Waals surface area contributed by atoms with Crippen molar-refractivity contribution in [1.82, 2.24) is 4.98 Å². The van der Waals surface area contributed by atoms with Crippen molar-refractivity contribution < 1.29 is 19.4 Å². The minimum absolute atomic E-state index is 0.0595. The number of ether oxygens (including phenoxy) is 1. The summed E-state index contributed by atoms with van der Waals surface area (Å²) >= 11 is 0. The molecular weight excluding hydrogens is 440 g/mol. The van der Waals surface area contributed by atoms with Gasteiger partial charge in [0.15, 0.2) is 0 Å². The summed E-state index contributed by atoms with van der Waals surface area (Å²) in [7, 11) is 0. The van der Waals surface area contributed by atoms with Gasteiger partial charge in [0.2, 0.25) is 0 Å². The summed E-state index contributed by atoms with van der Waals surface area (Å²) in [5.41, 5.74) is 3.50. The predicted molar refractivity (Wildman–Crippen MR) is 137 cm³/mol. The van der Waals surface area contributed by atoms with Crippen LogP contribution in [0.15, 0.2) is 72.6 Å². The minimum Gasteiger partial charge on any atom is -0.507 e. The highest BCUT2D eigenvalue weighted by molar-refractivity contribution is 6.51. The summed E-state index contributed by atoms with van der Waals surface area (Å²) in [6.07, 6.45) is 3.22. The van der Waals surface area contributed by atoms with Crippen LogP contribution in [0.1, 0.15) is 56.0 Å². The molecule has 35 heavy (non-hydrogen) atoms. The number of aliphatic hydroxyl groups excluding tert-OH is 1. The maximum Gasteiger partial charge on any atom is 0.300 e. The maximum atomic E-state index is 13.4. The lowest BCUT2D eigenvalue weighted by atomic mass is 9.84. The molecule has 0 saturated carbocycles. The molecule has 1 fully saturated rings. The number of amides is 1. The number of carbonyl (C=O) groups excluding carboxylic acids is 2. The van der Waals surface area contributed by atoms with Gasteiger partial charge >= 0.3 is 0 Å². The molecule has 3 aromatic rings. The van der Waals surface area contributed by atoms with Crippen LogP contribution < -0.4 is 9.64 Å². The Labute approximate surface area is 205 Å². The van der Waals surface area contributed by atoms with Crippen LogP contribution in [0.3, 0.4) is 0 Å². The van der Waals surface area contributed by atoms with Crippen molar-refractivity contribution in [2.24, 2.45) is 0 Å². The molecular formula is C29H30N2O4. The number of rotatable bonds is 5. The number of aromatic nitrogens is 1. The van der Waals surface area contributed by atoms with Gasteiger partial charge in [-0.1, -0.05) is 32.9 Å². The number of Topliss-reactive ketones (excluding diaryl/α,β-unsaturated/α-hetero) is 1. The van der Waals surface area contributed by atoms with Gasteiger partial charge in [-0.25, -0.2) is 0 Å². The normalized spacial score (nSPS) is 17.6. The second kappa shape index (κ2) is 9.37. The van der Waals surface area contributed by atoms with Gasteiger partial charge in [0, 0.05) is 23.6 Å². The van der Waals surface area contributed by atoms with Crippen LogP contribution in [-0.4, -0.2) is 28.4 Å². The van der Waals surface area contributed by atoms with Crippen molar-refractivity contribution >= 4 is 23.1 Å². The number of benzene rings is 2. The SMILES string of the molecule is CCOc1ccc(N2C(=O)C(=O)/C(=C(/O)c3cc(C(C)(C)C)ccc3C)C2c2ccncc2)cc1. The minimum atomic E-state index is -0.798. The van der Waals surface area contributed by atoms with Crippen LogP contribution in [-0.2, 0) is 15.0 Å². The molecule has 1 N–H and O–H groups in total. The van der Waals surface area contributed by atoms with E-state index >= 15 is 0 Å². The Morgan fingerprint density at radius 1 is 1.03 bits per heavy atom. The Balaban J connectivity index is 1.92. The van der Waals surface area contributed by atoms with E-state index in [0.29, 0.717) is 29.2 Å². The smallest absolute Gasteiger partial charge is 0.300 e. The predicted octanol–water partition coefficient (Wildman–Crippen LogP) is 5.71. The third kappa shape index (κ3) is 4.56. The second-order valence-electron chi connectivity index (χ2n) is 9.66. The van der Waals surface area contributed by atoms with E-state index in [1.807, 2.05) is 32.0 Å². The number of anilines is 1. The van der Waals surface area contributed by atoms with Crippen molar-refractivity contribution in [1.29, 1.82) is 0 Å². The van der Waals surface area contributed by atoms with Crippen LogP contribution in [0.25, 0.3) is 5.76 Å². The Bertz CT molecular complexity index is 1290. The molecule has 1 atom stereocenters. The first-order chi connectivity index (χ1) is 16.6. The Kier molecular flexibility index (Phi) is 6.48. The average molecular weight is 471 g/mol. The van der Waals surface area contributed by atoms with Gasteiger partial charge in [-0.2, -0.15) is 0 Å². The molecule has 0 spiro atoms. The fraction of sp³-hybridized carbons (Fsp3) is 0.276. The number of carbonyl (C=O) groups is 2. The number of pyridine rings is 1. The zero-order valence-electron chi connectivity index (χ0n) is 20.7. The number of ketones is 1. The molecule has 0 bridgehead atoms. The van der Waals surface area contributed by atoms with E-state index in [-0.39, 0.29) is 16.7 Å². The molecule has 0 aliphatic carbocycles. The van der Waals surface area contributed by atoms with Crippen molar-refractivity contribution in [3.8, 4) is 5.75 Å². The molecule has 1 aliphatic rings. The highest BCUT2D eigenvalue weighted by Gasteiger charge is 2.47. The summed E-state index contributed by atoms with van der Waals surface area (Å²) in [6, 6.07) is 15.6. The molecule has 4 rings (SSSR count). The third-order valence-electron chi connectivity index (χ3n) is 6.25. The molecule has 1 aliphatic heterocycles. The van der Waals surface area contributed by atoms with Gasteiger partial charge in [-0.05, 0) is 78.4 Å². The highest BCUT2D eigenvalue weighted by Crippen LogP contribution is 2.43. The summed E-state index contributed by atoms with van der Waals surface area (Å²) in [5.74, 6) is -0.925. The fourth-order valence-electron chi connectivity index (χ4n) is 4.32. The molecule has 1 unspecified atom stereocenters. The van der Waals surface area contributed by atoms with Crippen LogP contribution in [0.4, 0.5) is 5.69 Å². The fourth-order valence-corrected chi connectivity index (χ4v) is 4.32. The van der Waals surface area contributed by atoms with Crippen LogP contribution in [0.5, 0.6) is 5.75 Å². The maximum absolute atomic E-state index is 13.4. The zero-order chi connectivity index (χ0) is 25.3. The lowest BCUT2D eigenvalue weighted by Gasteiger charge is -2.26. The van der Waals surface area contributed by atoms with Gasteiger partial charge in [0.05, 0.1) is 18.2 Å². The molecule has 1 amide bonds. The second-order valence-corrected chi connectivity index (χ2v) is 9.66. The van der Waals surface area contributed by atoms with Crippen molar-refractivity contribution in [2.75, 3.05) is 11.5 Å². The topological polar surface area (TPSA) is 79.7 Å². The number of hydrogen-bond donors (Lipinski definition) is 1.